The third-order valence-electron chi connectivity index (χ3n) is 8.34. The Morgan fingerprint density at radius 3 is 2.33 bits per heavy atom. The van der Waals surface area contributed by atoms with Crippen LogP contribution >= 0.6 is 11.6 Å². The number of hydrogen-bond donors (Lipinski definition) is 0. The number of alkyl halides is 1. The fraction of sp³-hybridized carbons (Fsp3) is 0.382. The van der Waals surface area contributed by atoms with E-state index in [0.717, 1.165) is 69.8 Å². The van der Waals surface area contributed by atoms with Gasteiger partial charge in [-0.15, -0.1) is 11.6 Å². The summed E-state index contributed by atoms with van der Waals surface area (Å²) in [7, 11) is 1.69. The maximum atomic E-state index is 13.4. The van der Waals surface area contributed by atoms with Crippen LogP contribution in [0.3, 0.4) is 0 Å². The largest absolute Gasteiger partial charge is 0.497 e. The molecule has 1 fully saturated rings. The van der Waals surface area contributed by atoms with Crippen molar-refractivity contribution in [3.63, 3.8) is 0 Å². The highest BCUT2D eigenvalue weighted by molar-refractivity contribution is 6.17. The van der Waals surface area contributed by atoms with Crippen molar-refractivity contribution < 1.29 is 9.53 Å². The topological polar surface area (TPSA) is 37.7 Å². The number of piperazine rings is 1. The lowest BCUT2D eigenvalue weighted by atomic mass is 10.0. The van der Waals surface area contributed by atoms with Crippen LogP contribution in [-0.4, -0.2) is 66.0 Å². The standard InChI is InChI=1S/C34H40ClN3O2/c1-25-26(2)38(16-5-15-35)33-13-10-29(24-32(25)33)22-28-6-4-7-30(23-28)34(39)37-20-18-36(19-21-37)17-14-27-8-11-31(40-3)12-9-27/h4,6-13,23-24H,5,14-22H2,1-3H3. The molecule has 4 aromatic rings. The van der Waals surface area contributed by atoms with Crippen LogP contribution in [0.5, 0.6) is 5.75 Å². The molecule has 1 aromatic heterocycles. The van der Waals surface area contributed by atoms with Gasteiger partial charge in [0.1, 0.15) is 5.75 Å². The molecule has 2 heterocycles. The van der Waals surface area contributed by atoms with Crippen molar-refractivity contribution in [1.82, 2.24) is 14.4 Å². The Labute approximate surface area is 243 Å². The normalized spacial score (nSPS) is 14.2. The van der Waals surface area contributed by atoms with Crippen LogP contribution in [0.2, 0.25) is 0 Å². The van der Waals surface area contributed by atoms with Gasteiger partial charge in [-0.05, 0) is 91.8 Å². The Bertz CT molecular complexity index is 1450. The first-order valence-electron chi connectivity index (χ1n) is 14.3. The summed E-state index contributed by atoms with van der Waals surface area (Å²) in [6.07, 6.45) is 2.78. The van der Waals surface area contributed by atoms with Crippen molar-refractivity contribution >= 4 is 28.4 Å². The van der Waals surface area contributed by atoms with Crippen LogP contribution in [0, 0.1) is 13.8 Å². The number of rotatable bonds is 10. The highest BCUT2D eigenvalue weighted by atomic mass is 35.5. The van der Waals surface area contributed by atoms with E-state index in [0.29, 0.717) is 5.88 Å². The van der Waals surface area contributed by atoms with Gasteiger partial charge in [0, 0.05) is 67.3 Å². The predicted molar refractivity (Wildman–Crippen MR) is 165 cm³/mol. The number of benzene rings is 3. The van der Waals surface area contributed by atoms with Gasteiger partial charge in [-0.25, -0.2) is 0 Å². The van der Waals surface area contributed by atoms with Gasteiger partial charge in [-0.3, -0.25) is 9.69 Å². The summed E-state index contributed by atoms with van der Waals surface area (Å²) < 4.78 is 7.64. The molecule has 6 heteroatoms. The monoisotopic (exact) mass is 557 g/mol. The Kier molecular flexibility index (Phi) is 9.13. The number of halogens is 1. The zero-order valence-electron chi connectivity index (χ0n) is 24.0. The van der Waals surface area contributed by atoms with Crippen molar-refractivity contribution in [2.24, 2.45) is 0 Å². The van der Waals surface area contributed by atoms with Crippen molar-refractivity contribution in [1.29, 1.82) is 0 Å². The van der Waals surface area contributed by atoms with Crippen molar-refractivity contribution in [2.75, 3.05) is 45.7 Å². The van der Waals surface area contributed by atoms with Gasteiger partial charge in [0.25, 0.3) is 5.91 Å². The van der Waals surface area contributed by atoms with E-state index < -0.39 is 0 Å². The number of nitrogens with zero attached hydrogens (tertiary/aromatic N) is 3. The first-order chi connectivity index (χ1) is 19.5. The first kappa shape index (κ1) is 28.3. The number of ether oxygens (including phenoxy) is 1. The number of aromatic nitrogens is 1. The second-order valence-corrected chi connectivity index (χ2v) is 11.2. The number of amides is 1. The summed E-state index contributed by atoms with van der Waals surface area (Å²) >= 11 is 5.96. The zero-order valence-corrected chi connectivity index (χ0v) is 24.7. The Morgan fingerprint density at radius 1 is 0.875 bits per heavy atom. The summed E-state index contributed by atoms with van der Waals surface area (Å²) in [5.74, 6) is 1.70. The van der Waals surface area contributed by atoms with Gasteiger partial charge in [0.15, 0.2) is 0 Å². The molecule has 1 aliphatic heterocycles. The Morgan fingerprint density at radius 2 is 1.60 bits per heavy atom. The third kappa shape index (κ3) is 6.37. The smallest absolute Gasteiger partial charge is 0.253 e. The van der Waals surface area contributed by atoms with E-state index in [4.69, 9.17) is 16.3 Å². The van der Waals surface area contributed by atoms with Crippen molar-refractivity contribution in [3.8, 4) is 5.75 Å². The molecule has 0 spiro atoms. The number of carbonyl (C=O) groups is 1. The zero-order chi connectivity index (χ0) is 28.1. The van der Waals surface area contributed by atoms with Crippen molar-refractivity contribution in [2.45, 2.75) is 39.7 Å². The average molecular weight is 558 g/mol. The molecule has 0 atom stereocenters. The molecule has 1 aliphatic rings. The highest BCUT2D eigenvalue weighted by Crippen LogP contribution is 2.28. The average Bonchev–Trinajstić information content (AvgIpc) is 3.23. The fourth-order valence-corrected chi connectivity index (χ4v) is 5.92. The molecule has 0 radical (unpaired) electrons. The van der Waals surface area contributed by atoms with Gasteiger partial charge >= 0.3 is 0 Å². The molecule has 210 valence electrons. The van der Waals surface area contributed by atoms with E-state index in [9.17, 15) is 4.79 Å². The maximum absolute atomic E-state index is 13.4. The van der Waals surface area contributed by atoms with E-state index in [-0.39, 0.29) is 5.91 Å². The van der Waals surface area contributed by atoms with Crippen LogP contribution in [-0.2, 0) is 19.4 Å². The third-order valence-corrected chi connectivity index (χ3v) is 8.60. The van der Waals surface area contributed by atoms with Gasteiger partial charge in [0.05, 0.1) is 7.11 Å². The highest BCUT2D eigenvalue weighted by Gasteiger charge is 2.22. The molecule has 5 nitrogen and oxygen atoms in total. The molecule has 0 aliphatic carbocycles. The van der Waals surface area contributed by atoms with E-state index in [1.165, 1.54) is 38.9 Å². The Balaban J connectivity index is 1.19. The number of fused-ring (bicyclic) bond motifs is 1. The number of aryl methyl sites for hydroxylation is 2. The lowest BCUT2D eigenvalue weighted by Gasteiger charge is -2.34. The Hall–Kier alpha value is -3.28. The van der Waals surface area contributed by atoms with Crippen LogP contribution < -0.4 is 4.74 Å². The van der Waals surface area contributed by atoms with E-state index in [1.807, 2.05) is 29.2 Å². The van der Waals surface area contributed by atoms with Crippen LogP contribution in [0.25, 0.3) is 10.9 Å². The molecule has 0 bridgehead atoms. The summed E-state index contributed by atoms with van der Waals surface area (Å²) in [6.45, 7) is 9.69. The second kappa shape index (κ2) is 12.9. The molecule has 3 aromatic carbocycles. The summed E-state index contributed by atoms with van der Waals surface area (Å²) in [6, 6.07) is 23.2. The van der Waals surface area contributed by atoms with Gasteiger partial charge < -0.3 is 14.2 Å². The lowest BCUT2D eigenvalue weighted by Crippen LogP contribution is -2.49. The minimum atomic E-state index is 0.134. The van der Waals surface area contributed by atoms with Gasteiger partial charge in [-0.1, -0.05) is 30.3 Å². The minimum Gasteiger partial charge on any atom is -0.497 e. The summed E-state index contributed by atoms with van der Waals surface area (Å²) in [4.78, 5) is 17.8. The SMILES string of the molecule is COc1ccc(CCN2CCN(C(=O)c3cccc(Cc4ccc5c(c4)c(C)c(C)n5CCCCl)c3)CC2)cc1. The van der Waals surface area contributed by atoms with Gasteiger partial charge in [0.2, 0.25) is 0 Å². The van der Waals surface area contributed by atoms with E-state index in [2.05, 4.69) is 65.8 Å². The van der Waals surface area contributed by atoms with Crippen molar-refractivity contribution in [3.05, 3.63) is 100 Å². The number of carbonyl (C=O) groups excluding carboxylic acids is 1. The predicted octanol–water partition coefficient (Wildman–Crippen LogP) is 6.49. The van der Waals surface area contributed by atoms with Crippen LogP contribution in [0.4, 0.5) is 0 Å². The lowest BCUT2D eigenvalue weighted by molar-refractivity contribution is 0.0638. The summed E-state index contributed by atoms with van der Waals surface area (Å²) in [5, 5.41) is 1.31. The van der Waals surface area contributed by atoms with Crippen LogP contribution in [0.15, 0.2) is 66.7 Å². The minimum absolute atomic E-state index is 0.134. The van der Waals surface area contributed by atoms with Crippen LogP contribution in [0.1, 0.15) is 44.7 Å². The summed E-state index contributed by atoms with van der Waals surface area (Å²) in [5.41, 5.74) is 8.44. The second-order valence-electron chi connectivity index (χ2n) is 10.9. The molecule has 0 N–H and O–H groups in total. The molecule has 0 saturated carbocycles. The number of hydrogen-bond acceptors (Lipinski definition) is 3. The quantitative estimate of drug-likeness (QED) is 0.209. The van der Waals surface area contributed by atoms with E-state index in [1.54, 1.807) is 7.11 Å². The molecule has 1 amide bonds. The molecular formula is C34H40ClN3O2. The first-order valence-corrected chi connectivity index (χ1v) is 14.9. The van der Waals surface area contributed by atoms with E-state index >= 15 is 0 Å². The fourth-order valence-electron chi connectivity index (χ4n) is 5.80. The molecular weight excluding hydrogens is 518 g/mol. The maximum Gasteiger partial charge on any atom is 0.253 e. The van der Waals surface area contributed by atoms with Gasteiger partial charge in [-0.2, -0.15) is 0 Å². The molecule has 5 rings (SSSR count). The molecule has 0 unspecified atom stereocenters. The molecule has 1 saturated heterocycles. The molecule has 40 heavy (non-hydrogen) atoms. The number of methoxy groups -OCH3 is 1.